The zero-order chi connectivity index (χ0) is 8.97. The quantitative estimate of drug-likeness (QED) is 0.622. The molecule has 0 radical (unpaired) electrons. The number of hydrogen-bond acceptors (Lipinski definition) is 2. The van der Waals surface area contributed by atoms with Crippen LogP contribution in [0.25, 0.3) is 0 Å². The standard InChI is InChI=1S/C9H6FNO/c10-9-2-1-7(3-4-11)5-8(9)6-12/h1-2,5-6H,3H2. The van der Waals surface area contributed by atoms with Gasteiger partial charge in [0.2, 0.25) is 0 Å². The summed E-state index contributed by atoms with van der Waals surface area (Å²) in [6.07, 6.45) is 0.636. The van der Waals surface area contributed by atoms with Gasteiger partial charge in [-0.15, -0.1) is 0 Å². The molecule has 0 saturated heterocycles. The Bertz CT molecular complexity index is 341. The first-order chi connectivity index (χ1) is 5.77. The minimum Gasteiger partial charge on any atom is -0.298 e. The monoisotopic (exact) mass is 163 g/mol. The highest BCUT2D eigenvalue weighted by Crippen LogP contribution is 2.08. The predicted molar refractivity (Wildman–Crippen MR) is 41.1 cm³/mol. The molecule has 1 rings (SSSR count). The molecule has 0 bridgehead atoms. The Labute approximate surface area is 69.2 Å². The molecule has 12 heavy (non-hydrogen) atoms. The first-order valence-electron chi connectivity index (χ1n) is 3.38. The largest absolute Gasteiger partial charge is 0.298 e. The van der Waals surface area contributed by atoms with Gasteiger partial charge in [-0.05, 0) is 17.7 Å². The first-order valence-corrected chi connectivity index (χ1v) is 3.38. The fourth-order valence-corrected chi connectivity index (χ4v) is 0.885. The van der Waals surface area contributed by atoms with Crippen molar-refractivity contribution in [1.29, 1.82) is 5.26 Å². The van der Waals surface area contributed by atoms with Crippen molar-refractivity contribution in [3.05, 3.63) is 35.1 Å². The molecule has 1 aromatic rings. The van der Waals surface area contributed by atoms with Gasteiger partial charge >= 0.3 is 0 Å². The summed E-state index contributed by atoms with van der Waals surface area (Å²) in [6.45, 7) is 0. The molecule has 0 fully saturated rings. The number of nitrogens with zero attached hydrogens (tertiary/aromatic N) is 1. The second-order valence-electron chi connectivity index (χ2n) is 2.31. The van der Waals surface area contributed by atoms with Crippen LogP contribution in [0.5, 0.6) is 0 Å². The zero-order valence-corrected chi connectivity index (χ0v) is 6.25. The van der Waals surface area contributed by atoms with Crippen molar-refractivity contribution in [3.63, 3.8) is 0 Å². The first kappa shape index (κ1) is 8.41. The summed E-state index contributed by atoms with van der Waals surface area (Å²) in [4.78, 5) is 10.3. The summed E-state index contributed by atoms with van der Waals surface area (Å²) in [5.74, 6) is -0.549. The molecule has 0 unspecified atom stereocenters. The molecule has 60 valence electrons. The SMILES string of the molecule is N#CCc1ccc(F)c(C=O)c1. The number of aldehydes is 1. The molecule has 0 aromatic heterocycles. The maximum absolute atomic E-state index is 12.7. The van der Waals surface area contributed by atoms with Gasteiger partial charge in [0, 0.05) is 0 Å². The van der Waals surface area contributed by atoms with Crippen LogP contribution in [0.2, 0.25) is 0 Å². The molecule has 0 amide bonds. The molecular weight excluding hydrogens is 157 g/mol. The fourth-order valence-electron chi connectivity index (χ4n) is 0.885. The Kier molecular flexibility index (Phi) is 2.54. The maximum Gasteiger partial charge on any atom is 0.153 e. The van der Waals surface area contributed by atoms with E-state index in [0.717, 1.165) is 0 Å². The maximum atomic E-state index is 12.7. The highest BCUT2D eigenvalue weighted by Gasteiger charge is 2.01. The lowest BCUT2D eigenvalue weighted by Crippen LogP contribution is -1.90. The van der Waals surface area contributed by atoms with Crippen molar-refractivity contribution in [2.24, 2.45) is 0 Å². The number of carbonyl (C=O) groups excluding carboxylic acids is 1. The van der Waals surface area contributed by atoms with Crippen LogP contribution in [-0.4, -0.2) is 6.29 Å². The number of benzene rings is 1. The zero-order valence-electron chi connectivity index (χ0n) is 6.25. The number of nitriles is 1. The van der Waals surface area contributed by atoms with Crippen LogP contribution < -0.4 is 0 Å². The molecule has 0 heterocycles. The summed E-state index contributed by atoms with van der Waals surface area (Å²) in [7, 11) is 0. The third kappa shape index (κ3) is 1.67. The second-order valence-corrected chi connectivity index (χ2v) is 2.31. The van der Waals surface area contributed by atoms with Gasteiger partial charge < -0.3 is 0 Å². The smallest absolute Gasteiger partial charge is 0.153 e. The van der Waals surface area contributed by atoms with Crippen molar-refractivity contribution in [1.82, 2.24) is 0 Å². The second kappa shape index (κ2) is 3.63. The van der Waals surface area contributed by atoms with E-state index in [1.165, 1.54) is 18.2 Å². The van der Waals surface area contributed by atoms with E-state index in [1.54, 1.807) is 0 Å². The summed E-state index contributed by atoms with van der Waals surface area (Å²) in [5.41, 5.74) is 0.656. The number of halogens is 1. The average Bonchev–Trinajstić information content (AvgIpc) is 2.09. The van der Waals surface area contributed by atoms with Gasteiger partial charge in [-0.2, -0.15) is 5.26 Å². The Hall–Kier alpha value is -1.69. The van der Waals surface area contributed by atoms with Crippen molar-refractivity contribution in [3.8, 4) is 6.07 Å². The molecule has 0 atom stereocenters. The molecule has 0 aliphatic carbocycles. The molecule has 0 aliphatic rings. The van der Waals surface area contributed by atoms with Crippen LogP contribution in [0.4, 0.5) is 4.39 Å². The highest BCUT2D eigenvalue weighted by atomic mass is 19.1. The van der Waals surface area contributed by atoms with E-state index < -0.39 is 5.82 Å². The number of rotatable bonds is 2. The van der Waals surface area contributed by atoms with E-state index in [4.69, 9.17) is 5.26 Å². The van der Waals surface area contributed by atoms with Crippen LogP contribution in [0.15, 0.2) is 18.2 Å². The highest BCUT2D eigenvalue weighted by molar-refractivity contribution is 5.75. The lowest BCUT2D eigenvalue weighted by Gasteiger charge is -1.96. The molecule has 0 saturated carbocycles. The van der Waals surface area contributed by atoms with Gasteiger partial charge in [0.05, 0.1) is 18.1 Å². The van der Waals surface area contributed by atoms with Crippen LogP contribution in [0.3, 0.4) is 0 Å². The van der Waals surface area contributed by atoms with Gasteiger partial charge in [-0.25, -0.2) is 4.39 Å². The average molecular weight is 163 g/mol. The Morgan fingerprint density at radius 1 is 1.58 bits per heavy atom. The van der Waals surface area contributed by atoms with E-state index in [-0.39, 0.29) is 12.0 Å². The van der Waals surface area contributed by atoms with Gasteiger partial charge in [-0.3, -0.25) is 4.79 Å². The summed E-state index contributed by atoms with van der Waals surface area (Å²) in [5, 5.41) is 8.32. The van der Waals surface area contributed by atoms with Crippen molar-refractivity contribution in [2.45, 2.75) is 6.42 Å². The molecule has 1 aromatic carbocycles. The van der Waals surface area contributed by atoms with Crippen LogP contribution >= 0.6 is 0 Å². The van der Waals surface area contributed by atoms with Crippen molar-refractivity contribution < 1.29 is 9.18 Å². The molecule has 0 aliphatic heterocycles. The fraction of sp³-hybridized carbons (Fsp3) is 0.111. The topological polar surface area (TPSA) is 40.9 Å². The minimum atomic E-state index is -0.549. The molecule has 2 nitrogen and oxygen atoms in total. The van der Waals surface area contributed by atoms with E-state index in [9.17, 15) is 9.18 Å². The summed E-state index contributed by atoms with van der Waals surface area (Å²) >= 11 is 0. The van der Waals surface area contributed by atoms with Crippen LogP contribution in [0.1, 0.15) is 15.9 Å². The third-order valence-electron chi connectivity index (χ3n) is 1.47. The molecule has 3 heteroatoms. The summed E-state index contributed by atoms with van der Waals surface area (Å²) < 4.78 is 12.7. The Balaban J connectivity index is 3.06. The van der Waals surface area contributed by atoms with E-state index in [2.05, 4.69) is 0 Å². The van der Waals surface area contributed by atoms with Gasteiger partial charge in [-0.1, -0.05) is 6.07 Å². The van der Waals surface area contributed by atoms with Crippen LogP contribution in [-0.2, 0) is 6.42 Å². The molecule has 0 spiro atoms. The van der Waals surface area contributed by atoms with Gasteiger partial charge in [0.1, 0.15) is 5.82 Å². The van der Waals surface area contributed by atoms with Gasteiger partial charge in [0.15, 0.2) is 6.29 Å². The van der Waals surface area contributed by atoms with Gasteiger partial charge in [0.25, 0.3) is 0 Å². The lowest BCUT2D eigenvalue weighted by molar-refractivity contribution is 0.111. The molecule has 0 N–H and O–H groups in total. The summed E-state index contributed by atoms with van der Waals surface area (Å²) in [6, 6.07) is 5.98. The van der Waals surface area contributed by atoms with Crippen molar-refractivity contribution in [2.75, 3.05) is 0 Å². The van der Waals surface area contributed by atoms with Crippen molar-refractivity contribution >= 4 is 6.29 Å². The van der Waals surface area contributed by atoms with Crippen LogP contribution in [0, 0.1) is 17.1 Å². The van der Waals surface area contributed by atoms with E-state index in [1.807, 2.05) is 6.07 Å². The van der Waals surface area contributed by atoms with E-state index >= 15 is 0 Å². The Morgan fingerprint density at radius 3 is 2.92 bits per heavy atom. The minimum absolute atomic E-state index is 0.00255. The Morgan fingerprint density at radius 2 is 2.33 bits per heavy atom. The lowest BCUT2D eigenvalue weighted by atomic mass is 10.1. The van der Waals surface area contributed by atoms with E-state index in [0.29, 0.717) is 11.8 Å². The number of carbonyl (C=O) groups is 1. The number of hydrogen-bond donors (Lipinski definition) is 0. The molecular formula is C9H6FNO. The normalized spacial score (nSPS) is 9.00. The third-order valence-corrected chi connectivity index (χ3v) is 1.47. The predicted octanol–water partition coefficient (Wildman–Crippen LogP) is 1.70.